The summed E-state index contributed by atoms with van der Waals surface area (Å²) in [6.45, 7) is 29.7. The molecule has 0 aliphatic carbocycles. The van der Waals surface area contributed by atoms with E-state index in [-0.39, 0.29) is 28.7 Å². The number of piperidine rings is 1. The van der Waals surface area contributed by atoms with Crippen LogP contribution in [0.3, 0.4) is 0 Å². The van der Waals surface area contributed by atoms with E-state index < -0.39 is 37.7 Å². The Kier molecular flexibility index (Phi) is 18.6. The highest BCUT2D eigenvalue weighted by molar-refractivity contribution is 6.74. The van der Waals surface area contributed by atoms with Gasteiger partial charge in [-0.05, 0) is 141 Å². The summed E-state index contributed by atoms with van der Waals surface area (Å²) in [4.78, 5) is 46.7. The van der Waals surface area contributed by atoms with Crippen LogP contribution in [0.4, 0.5) is 19.7 Å². The number of rotatable bonds is 17. The molecule has 0 unspecified atom stereocenters. The number of piperazine rings is 1. The summed E-state index contributed by atoms with van der Waals surface area (Å²) in [5.41, 5.74) is 1.13. The van der Waals surface area contributed by atoms with Crippen LogP contribution in [0.15, 0.2) is 36.4 Å². The molecule has 63 heavy (non-hydrogen) atoms. The van der Waals surface area contributed by atoms with E-state index >= 15 is 0 Å². The lowest BCUT2D eigenvalue weighted by Gasteiger charge is -2.40. The van der Waals surface area contributed by atoms with Gasteiger partial charge in [0.25, 0.3) is 0 Å². The van der Waals surface area contributed by atoms with Crippen molar-refractivity contribution in [2.45, 2.75) is 136 Å². The number of hydrogen-bond acceptors (Lipinski definition) is 10. The van der Waals surface area contributed by atoms with Gasteiger partial charge >= 0.3 is 12.2 Å². The number of carbonyl (C=O) groups excluding carboxylic acids is 3. The topological polar surface area (TPSA) is 134 Å². The minimum absolute atomic E-state index is 0.0116. The second-order valence-electron chi connectivity index (χ2n) is 20.4. The lowest BCUT2D eigenvalue weighted by atomic mass is 9.88. The summed E-state index contributed by atoms with van der Waals surface area (Å²) in [7, 11) is -2.10. The standard InChI is InChI=1S/C47H76ClFN6O7Si/c1-13-59-40-16-14-15-38(49)37(40)31-54-25-27-55(28-26-54)42(56)41(52-44(58)62-46(5,6)7)33-19-22-53(23-20-33)24-21-34-29-35(48)17-18-39(34)50-30-36(51-43(57)61-45(2,3)4)32-60-63(11,12)47(8,9)10/h14-18,29,33,36,41,50H,13,19-28,30-32H2,1-12H3,(H,51,57)(H,52,58)/t36-,41-/m1/s1. The molecule has 3 amide bonds. The Hall–Kier alpha value is -3.63. The quantitative estimate of drug-likeness (QED) is 0.132. The molecule has 354 valence electrons. The lowest BCUT2D eigenvalue weighted by molar-refractivity contribution is -0.137. The number of amides is 3. The summed E-state index contributed by atoms with van der Waals surface area (Å²) in [5.74, 6) is 0.0229. The van der Waals surface area contributed by atoms with Crippen LogP contribution in [0.25, 0.3) is 0 Å². The molecule has 0 saturated carbocycles. The number of halogens is 2. The van der Waals surface area contributed by atoms with Crippen molar-refractivity contribution in [3.63, 3.8) is 0 Å². The zero-order valence-corrected chi connectivity index (χ0v) is 41.8. The number of carbonyl (C=O) groups is 3. The van der Waals surface area contributed by atoms with E-state index in [1.54, 1.807) is 32.9 Å². The fraction of sp³-hybridized carbons (Fsp3) is 0.681. The molecule has 2 atom stereocenters. The van der Waals surface area contributed by atoms with Crippen molar-refractivity contribution < 1.29 is 37.4 Å². The van der Waals surface area contributed by atoms with Crippen molar-refractivity contribution in [1.82, 2.24) is 25.3 Å². The van der Waals surface area contributed by atoms with Gasteiger partial charge in [-0.3, -0.25) is 9.69 Å². The Balaban J connectivity index is 1.38. The van der Waals surface area contributed by atoms with Gasteiger partial charge in [0.05, 0.1) is 19.3 Å². The molecule has 3 N–H and O–H groups in total. The van der Waals surface area contributed by atoms with Crippen LogP contribution in [0.2, 0.25) is 23.2 Å². The molecule has 2 aliphatic heterocycles. The predicted octanol–water partition coefficient (Wildman–Crippen LogP) is 8.70. The van der Waals surface area contributed by atoms with Gasteiger partial charge in [0.1, 0.15) is 28.8 Å². The first-order valence-corrected chi connectivity index (χ1v) is 25.9. The molecular weight excluding hydrogens is 843 g/mol. The van der Waals surface area contributed by atoms with Crippen molar-refractivity contribution in [3.05, 3.63) is 58.4 Å². The maximum absolute atomic E-state index is 14.8. The molecular formula is C47H76ClFN6O7Si. The highest BCUT2D eigenvalue weighted by Crippen LogP contribution is 2.36. The van der Waals surface area contributed by atoms with Crippen LogP contribution < -0.4 is 20.7 Å². The second kappa shape index (κ2) is 22.5. The third kappa shape index (κ3) is 16.7. The SMILES string of the molecule is CCOc1cccc(F)c1CN1CCN(C(=O)[C@H](NC(=O)OC(C)(C)C)C2CCN(CCc3cc(Cl)ccc3NC[C@H](CO[Si](C)(C)C(C)(C)C)NC(=O)OC(C)(C)C)CC2)CC1. The molecule has 4 rings (SSSR count). The smallest absolute Gasteiger partial charge is 0.408 e. The Morgan fingerprint density at radius 3 is 2.06 bits per heavy atom. The zero-order valence-electron chi connectivity index (χ0n) is 40.1. The molecule has 2 aromatic carbocycles. The fourth-order valence-electron chi connectivity index (χ4n) is 7.46. The van der Waals surface area contributed by atoms with Gasteiger partial charge in [0.2, 0.25) is 5.91 Å². The van der Waals surface area contributed by atoms with Crippen LogP contribution >= 0.6 is 11.6 Å². The van der Waals surface area contributed by atoms with Gasteiger partial charge in [0, 0.05) is 62.1 Å². The first-order valence-electron chi connectivity index (χ1n) is 22.6. The number of nitrogens with one attached hydrogen (secondary N) is 3. The number of hydrogen-bond donors (Lipinski definition) is 3. The van der Waals surface area contributed by atoms with Crippen molar-refractivity contribution in [3.8, 4) is 5.75 Å². The molecule has 2 fully saturated rings. The summed E-state index contributed by atoms with van der Waals surface area (Å²) in [6, 6.07) is 9.60. The molecule has 2 heterocycles. The minimum Gasteiger partial charge on any atom is -0.493 e. The van der Waals surface area contributed by atoms with Crippen molar-refractivity contribution in [1.29, 1.82) is 0 Å². The average Bonchev–Trinajstić information content (AvgIpc) is 3.17. The minimum atomic E-state index is -2.10. The van der Waals surface area contributed by atoms with E-state index in [4.69, 9.17) is 30.2 Å². The van der Waals surface area contributed by atoms with Gasteiger partial charge in [-0.25, -0.2) is 14.0 Å². The van der Waals surface area contributed by atoms with E-state index in [0.717, 1.165) is 37.3 Å². The number of likely N-dealkylation sites (tertiary alicyclic amines) is 1. The van der Waals surface area contributed by atoms with Crippen LogP contribution in [-0.2, 0) is 31.7 Å². The maximum atomic E-state index is 14.8. The van der Waals surface area contributed by atoms with Crippen LogP contribution in [0.1, 0.15) is 93.2 Å². The Morgan fingerprint density at radius 2 is 1.48 bits per heavy atom. The lowest BCUT2D eigenvalue weighted by Crippen LogP contribution is -2.58. The van der Waals surface area contributed by atoms with Crippen LogP contribution in [0.5, 0.6) is 5.75 Å². The highest BCUT2D eigenvalue weighted by Gasteiger charge is 2.39. The summed E-state index contributed by atoms with van der Waals surface area (Å²) in [6.07, 6.45) is 1.05. The number of alkyl carbamates (subject to hydrolysis) is 2. The molecule has 0 spiro atoms. The van der Waals surface area contributed by atoms with Gasteiger partial charge in [-0.1, -0.05) is 38.4 Å². The normalized spacial score (nSPS) is 17.1. The molecule has 13 nitrogen and oxygen atoms in total. The van der Waals surface area contributed by atoms with Gasteiger partial charge in [-0.2, -0.15) is 0 Å². The largest absolute Gasteiger partial charge is 0.493 e. The van der Waals surface area contributed by atoms with Gasteiger partial charge in [0.15, 0.2) is 8.32 Å². The second-order valence-corrected chi connectivity index (χ2v) is 25.6. The van der Waals surface area contributed by atoms with E-state index in [0.29, 0.717) is 81.7 Å². The average molecular weight is 920 g/mol. The molecule has 0 radical (unpaired) electrons. The molecule has 0 aromatic heterocycles. The summed E-state index contributed by atoms with van der Waals surface area (Å²) in [5, 5.41) is 10.2. The first kappa shape index (κ1) is 52.0. The Bertz CT molecular complexity index is 1820. The number of benzene rings is 2. The monoisotopic (exact) mass is 919 g/mol. The predicted molar refractivity (Wildman–Crippen MR) is 252 cm³/mol. The van der Waals surface area contributed by atoms with E-state index in [1.807, 2.05) is 50.8 Å². The number of ether oxygens (including phenoxy) is 3. The molecule has 2 saturated heterocycles. The van der Waals surface area contributed by atoms with E-state index in [9.17, 15) is 18.8 Å². The third-order valence-electron chi connectivity index (χ3n) is 12.0. The molecule has 16 heteroatoms. The molecule has 0 bridgehead atoms. The molecule has 2 aliphatic rings. The summed E-state index contributed by atoms with van der Waals surface area (Å²) >= 11 is 6.54. The fourth-order valence-corrected chi connectivity index (χ4v) is 8.71. The Morgan fingerprint density at radius 1 is 0.857 bits per heavy atom. The van der Waals surface area contributed by atoms with Crippen LogP contribution in [0, 0.1) is 11.7 Å². The van der Waals surface area contributed by atoms with Gasteiger partial charge < -0.3 is 44.4 Å². The third-order valence-corrected chi connectivity index (χ3v) is 16.7. The number of nitrogens with zero attached hydrogens (tertiary/aromatic N) is 3. The van der Waals surface area contributed by atoms with Gasteiger partial charge in [-0.15, -0.1) is 0 Å². The maximum Gasteiger partial charge on any atom is 0.408 e. The van der Waals surface area contributed by atoms with E-state index in [1.165, 1.54) is 6.07 Å². The van der Waals surface area contributed by atoms with Crippen molar-refractivity contribution >= 4 is 43.7 Å². The van der Waals surface area contributed by atoms with Crippen LogP contribution in [-0.4, -0.2) is 130 Å². The summed E-state index contributed by atoms with van der Waals surface area (Å²) < 4.78 is 38.3. The van der Waals surface area contributed by atoms with Crippen molar-refractivity contribution in [2.24, 2.45) is 5.92 Å². The highest BCUT2D eigenvalue weighted by atomic mass is 35.5. The zero-order chi connectivity index (χ0) is 46.8. The van der Waals surface area contributed by atoms with E-state index in [2.05, 4.69) is 59.6 Å². The number of anilines is 1. The molecule has 2 aromatic rings. The van der Waals surface area contributed by atoms with Crippen molar-refractivity contribution in [2.75, 3.05) is 70.9 Å². The Labute approximate surface area is 382 Å². The first-order chi connectivity index (χ1) is 29.3.